The fourth-order valence-corrected chi connectivity index (χ4v) is 5.32. The van der Waals surface area contributed by atoms with Crippen LogP contribution in [0.2, 0.25) is 5.02 Å². The summed E-state index contributed by atoms with van der Waals surface area (Å²) in [6.07, 6.45) is 0. The lowest BCUT2D eigenvalue weighted by molar-refractivity contribution is 0.174. The zero-order valence-electron chi connectivity index (χ0n) is 12.3. The van der Waals surface area contributed by atoms with Gasteiger partial charge in [0.2, 0.25) is 6.79 Å². The molecule has 2 aromatic carbocycles. The van der Waals surface area contributed by atoms with Crippen molar-refractivity contribution in [2.75, 3.05) is 6.79 Å². The summed E-state index contributed by atoms with van der Waals surface area (Å²) in [4.78, 5) is 0.181. The van der Waals surface area contributed by atoms with Crippen LogP contribution in [0.15, 0.2) is 47.4 Å². The zero-order valence-corrected chi connectivity index (χ0v) is 13.9. The summed E-state index contributed by atoms with van der Waals surface area (Å²) in [5, 5.41) is 9.07. The molecule has 0 aromatic heterocycles. The number of nitrogens with zero attached hydrogens (tertiary/aromatic N) is 1. The Balaban J connectivity index is 1.69. The normalized spacial score (nSPS) is 24.4. The lowest BCUT2D eigenvalue weighted by Gasteiger charge is -2.05. The topological polar surface area (TPSA) is 76.4 Å². The molecule has 1 aliphatic heterocycles. The van der Waals surface area contributed by atoms with Crippen molar-refractivity contribution in [3.63, 3.8) is 0 Å². The van der Waals surface area contributed by atoms with Gasteiger partial charge in [0.15, 0.2) is 21.3 Å². The van der Waals surface area contributed by atoms with Crippen LogP contribution in [0.3, 0.4) is 0 Å². The lowest BCUT2D eigenvalue weighted by atomic mass is 10.1. The van der Waals surface area contributed by atoms with Crippen LogP contribution >= 0.6 is 11.6 Å². The Labute approximate surface area is 144 Å². The third-order valence-electron chi connectivity index (χ3n) is 4.38. The largest absolute Gasteiger partial charge is 0.454 e. The van der Waals surface area contributed by atoms with Gasteiger partial charge in [0.1, 0.15) is 0 Å². The van der Waals surface area contributed by atoms with Crippen LogP contribution in [0.1, 0.15) is 11.5 Å². The van der Waals surface area contributed by atoms with Gasteiger partial charge in [0.05, 0.1) is 22.1 Å². The van der Waals surface area contributed by atoms with Gasteiger partial charge in [-0.05, 0) is 42.0 Å². The van der Waals surface area contributed by atoms with Crippen molar-refractivity contribution in [3.8, 4) is 17.6 Å². The van der Waals surface area contributed by atoms with E-state index in [1.165, 1.54) is 24.3 Å². The number of hydrogen-bond donors (Lipinski definition) is 0. The van der Waals surface area contributed by atoms with Crippen molar-refractivity contribution >= 4 is 21.4 Å². The van der Waals surface area contributed by atoms with Gasteiger partial charge in [-0.1, -0.05) is 17.7 Å². The summed E-state index contributed by atoms with van der Waals surface area (Å²) < 4.78 is 36.3. The Bertz CT molecular complexity index is 950. The van der Waals surface area contributed by atoms with Gasteiger partial charge in [0, 0.05) is 10.9 Å². The summed E-state index contributed by atoms with van der Waals surface area (Å²) in [6.45, 7) is 0.150. The quantitative estimate of drug-likeness (QED) is 0.839. The average Bonchev–Trinajstić information content (AvgIpc) is 3.15. The van der Waals surface area contributed by atoms with E-state index in [0.29, 0.717) is 16.5 Å². The summed E-state index contributed by atoms with van der Waals surface area (Å²) in [6, 6.07) is 13.4. The number of halogens is 1. The molecule has 2 aromatic rings. The second-order valence-electron chi connectivity index (χ2n) is 5.76. The van der Waals surface area contributed by atoms with E-state index in [0.717, 1.165) is 5.56 Å². The summed E-state index contributed by atoms with van der Waals surface area (Å²) in [5.41, 5.74) is 0.772. The number of fused-ring (bicyclic) bond motifs is 1. The standard InChI is InChI=1S/C17H12ClNO4S/c18-11-2-4-12(5-3-11)24(20,21)17-13(8-19)16(17)10-1-6-14-15(7-10)23-9-22-14/h1-7,13,16-17H,9H2/t13-,16-,17-/m1/s1. The molecule has 0 radical (unpaired) electrons. The smallest absolute Gasteiger partial charge is 0.231 e. The second kappa shape index (κ2) is 5.40. The number of benzene rings is 2. The minimum Gasteiger partial charge on any atom is -0.454 e. The molecule has 0 saturated heterocycles. The Morgan fingerprint density at radius 3 is 2.50 bits per heavy atom. The maximum absolute atomic E-state index is 12.8. The molecule has 0 N–H and O–H groups in total. The molecule has 0 unspecified atom stereocenters. The molecule has 0 amide bonds. The molecule has 2 aliphatic rings. The van der Waals surface area contributed by atoms with Crippen molar-refractivity contribution in [2.45, 2.75) is 16.1 Å². The average molecular weight is 362 g/mol. The van der Waals surface area contributed by atoms with Crippen LogP contribution in [0.4, 0.5) is 0 Å². The highest BCUT2D eigenvalue weighted by molar-refractivity contribution is 7.92. The van der Waals surface area contributed by atoms with E-state index in [1.54, 1.807) is 18.2 Å². The molecule has 0 bridgehead atoms. The first-order valence-corrected chi connectivity index (χ1v) is 9.23. The minimum atomic E-state index is -3.61. The molecule has 122 valence electrons. The SMILES string of the molecule is N#C[C@@H]1[C@@H](c2ccc3c(c2)OCO3)[C@@H]1S(=O)(=O)c1ccc(Cl)cc1. The molecule has 1 saturated carbocycles. The van der Waals surface area contributed by atoms with E-state index in [1.807, 2.05) is 0 Å². The van der Waals surface area contributed by atoms with E-state index in [-0.39, 0.29) is 17.6 Å². The molecule has 4 rings (SSSR count). The molecule has 0 spiro atoms. The van der Waals surface area contributed by atoms with Crippen molar-refractivity contribution in [1.29, 1.82) is 5.26 Å². The minimum absolute atomic E-state index is 0.150. The van der Waals surface area contributed by atoms with Crippen molar-refractivity contribution in [3.05, 3.63) is 53.1 Å². The van der Waals surface area contributed by atoms with E-state index in [2.05, 4.69) is 6.07 Å². The summed E-state index contributed by atoms with van der Waals surface area (Å²) in [5.74, 6) is 0.264. The van der Waals surface area contributed by atoms with Crippen LogP contribution in [0, 0.1) is 17.2 Å². The van der Waals surface area contributed by atoms with Gasteiger partial charge >= 0.3 is 0 Å². The molecule has 1 fully saturated rings. The van der Waals surface area contributed by atoms with Gasteiger partial charge in [-0.3, -0.25) is 0 Å². The van der Waals surface area contributed by atoms with Crippen LogP contribution < -0.4 is 9.47 Å². The van der Waals surface area contributed by atoms with Crippen molar-refractivity contribution < 1.29 is 17.9 Å². The fraction of sp³-hybridized carbons (Fsp3) is 0.235. The highest BCUT2D eigenvalue weighted by atomic mass is 35.5. The highest BCUT2D eigenvalue weighted by Crippen LogP contribution is 2.54. The number of nitriles is 1. The number of hydrogen-bond acceptors (Lipinski definition) is 5. The monoisotopic (exact) mass is 361 g/mol. The second-order valence-corrected chi connectivity index (χ2v) is 8.30. The molecular weight excluding hydrogens is 350 g/mol. The predicted molar refractivity (Wildman–Crippen MR) is 86.8 cm³/mol. The van der Waals surface area contributed by atoms with Gasteiger partial charge < -0.3 is 9.47 Å². The summed E-state index contributed by atoms with van der Waals surface area (Å²) >= 11 is 5.82. The maximum atomic E-state index is 12.8. The first-order chi connectivity index (χ1) is 11.5. The maximum Gasteiger partial charge on any atom is 0.231 e. The van der Waals surface area contributed by atoms with Crippen LogP contribution in [-0.4, -0.2) is 20.5 Å². The highest BCUT2D eigenvalue weighted by Gasteiger charge is 2.59. The Morgan fingerprint density at radius 2 is 1.79 bits per heavy atom. The Hall–Kier alpha value is -2.23. The Kier molecular flexibility index (Phi) is 3.44. The molecule has 1 heterocycles. The van der Waals surface area contributed by atoms with Gasteiger partial charge in [-0.2, -0.15) is 5.26 Å². The summed E-state index contributed by atoms with van der Waals surface area (Å²) in [7, 11) is -3.61. The molecule has 24 heavy (non-hydrogen) atoms. The molecule has 5 nitrogen and oxygen atoms in total. The molecule has 1 aliphatic carbocycles. The molecule has 7 heteroatoms. The van der Waals surface area contributed by atoms with Gasteiger partial charge in [-0.15, -0.1) is 0 Å². The first-order valence-electron chi connectivity index (χ1n) is 7.31. The van der Waals surface area contributed by atoms with Crippen molar-refractivity contribution in [1.82, 2.24) is 0 Å². The number of sulfone groups is 1. The first kappa shape index (κ1) is 15.3. The third kappa shape index (κ3) is 2.32. The number of ether oxygens (including phenoxy) is 2. The van der Waals surface area contributed by atoms with E-state index in [9.17, 15) is 13.7 Å². The fourth-order valence-electron chi connectivity index (χ4n) is 3.12. The van der Waals surface area contributed by atoms with Crippen LogP contribution in [0.5, 0.6) is 11.5 Å². The van der Waals surface area contributed by atoms with E-state index < -0.39 is 21.0 Å². The van der Waals surface area contributed by atoms with Crippen LogP contribution in [-0.2, 0) is 9.84 Å². The third-order valence-corrected chi connectivity index (χ3v) is 6.87. The zero-order chi connectivity index (χ0) is 16.9. The Morgan fingerprint density at radius 1 is 1.08 bits per heavy atom. The molecule has 3 atom stereocenters. The van der Waals surface area contributed by atoms with Gasteiger partial charge in [0.25, 0.3) is 0 Å². The van der Waals surface area contributed by atoms with Crippen molar-refractivity contribution in [2.24, 2.45) is 5.92 Å². The van der Waals surface area contributed by atoms with Crippen LogP contribution in [0.25, 0.3) is 0 Å². The van der Waals surface area contributed by atoms with E-state index in [4.69, 9.17) is 21.1 Å². The van der Waals surface area contributed by atoms with E-state index >= 15 is 0 Å². The molecular formula is C17H12ClNO4S. The number of rotatable bonds is 3. The predicted octanol–water partition coefficient (Wildman–Crippen LogP) is 3.15. The van der Waals surface area contributed by atoms with Gasteiger partial charge in [-0.25, -0.2) is 8.42 Å². The lowest BCUT2D eigenvalue weighted by Crippen LogP contribution is -2.10.